The third-order valence-corrected chi connectivity index (χ3v) is 7.09. The van der Waals surface area contributed by atoms with E-state index in [1.165, 1.54) is 0 Å². The molecule has 4 aromatic carbocycles. The Morgan fingerprint density at radius 2 is 0.758 bits per heavy atom. The minimum absolute atomic E-state index is 0.695. The monoisotopic (exact) mass is 650 g/mol. The van der Waals surface area contributed by atoms with Crippen LogP contribution in [0.1, 0.15) is 5.56 Å². The molecule has 0 aliphatic carbocycles. The van der Waals surface area contributed by atoms with Crippen molar-refractivity contribution < 1.29 is 0 Å². The smallest absolute Gasteiger partial charge is 0.120 e. The molecule has 0 saturated heterocycles. The van der Waals surface area contributed by atoms with Gasteiger partial charge in [-0.1, -0.05) is 6.07 Å². The molecule has 0 aliphatic heterocycles. The van der Waals surface area contributed by atoms with Crippen LogP contribution in [-0.4, -0.2) is 29.9 Å². The molecule has 0 amide bonds. The van der Waals surface area contributed by atoms with Crippen molar-refractivity contribution in [3.8, 4) is 0 Å². The van der Waals surface area contributed by atoms with E-state index in [-0.39, 0.29) is 0 Å². The number of halogens is 2. The molecule has 8 heteroatoms. The summed E-state index contributed by atoms with van der Waals surface area (Å²) in [7, 11) is 0. The van der Waals surface area contributed by atoms with Gasteiger partial charge in [0.25, 0.3) is 0 Å². The molecule has 33 heavy (non-hydrogen) atoms. The van der Waals surface area contributed by atoms with E-state index in [1.54, 1.807) is 0 Å². The summed E-state index contributed by atoms with van der Waals surface area (Å²) in [5, 5.41) is 0. The van der Waals surface area contributed by atoms with Gasteiger partial charge in [0.15, 0.2) is 0 Å². The van der Waals surface area contributed by atoms with Crippen LogP contribution < -0.4 is 0 Å². The minimum atomic E-state index is 0.695. The van der Waals surface area contributed by atoms with Crippen LogP contribution >= 0.6 is 45.2 Å². The van der Waals surface area contributed by atoms with Gasteiger partial charge in [-0.05, 0) is 106 Å². The lowest BCUT2D eigenvalue weighted by Crippen LogP contribution is -1.99. The third kappa shape index (κ3) is 3.03. The Labute approximate surface area is 214 Å². The van der Waals surface area contributed by atoms with Gasteiger partial charge in [-0.25, -0.2) is 29.9 Å². The first-order valence-electron chi connectivity index (χ1n) is 10.3. The molecular weight excluding hydrogens is 638 g/mol. The quantitative estimate of drug-likeness (QED) is 0.106. The highest BCUT2D eigenvalue weighted by molar-refractivity contribution is 14.1. The number of hydrogen-bond acceptors (Lipinski definition) is 6. The van der Waals surface area contributed by atoms with Crippen molar-refractivity contribution in [1.29, 1.82) is 0 Å². The summed E-state index contributed by atoms with van der Waals surface area (Å²) < 4.78 is 2.21. The Morgan fingerprint density at radius 3 is 1.18 bits per heavy atom. The number of aromatic nitrogens is 6. The fraction of sp³-hybridized carbons (Fsp3) is 0.0400. The highest BCUT2D eigenvalue weighted by atomic mass is 127. The number of hydrogen-bond donors (Lipinski definition) is 0. The van der Waals surface area contributed by atoms with E-state index >= 15 is 0 Å². The Kier molecular flexibility index (Phi) is 4.20. The van der Waals surface area contributed by atoms with Crippen molar-refractivity contribution in [2.24, 2.45) is 0 Å². The maximum Gasteiger partial charge on any atom is 0.120 e. The molecule has 0 fully saturated rings. The zero-order chi connectivity index (χ0) is 22.3. The van der Waals surface area contributed by atoms with Crippen LogP contribution in [0, 0.1) is 14.1 Å². The lowest BCUT2D eigenvalue weighted by atomic mass is 10.1. The molecule has 0 saturated carbocycles. The molecule has 7 aromatic rings. The second-order valence-corrected chi connectivity index (χ2v) is 10.5. The van der Waals surface area contributed by atoms with Gasteiger partial charge in [-0.2, -0.15) is 0 Å². The molecule has 0 N–H and O–H groups in total. The van der Waals surface area contributed by atoms with Crippen LogP contribution in [0.3, 0.4) is 0 Å². The van der Waals surface area contributed by atoms with Gasteiger partial charge in [-0.3, -0.25) is 0 Å². The number of aryl methyl sites for hydroxylation is 1. The van der Waals surface area contributed by atoms with Crippen molar-refractivity contribution >= 4 is 111 Å². The van der Waals surface area contributed by atoms with E-state index < -0.39 is 0 Å². The van der Waals surface area contributed by atoms with E-state index in [2.05, 4.69) is 52.1 Å². The first-order valence-corrected chi connectivity index (χ1v) is 12.4. The summed E-state index contributed by atoms with van der Waals surface area (Å²) >= 11 is 4.58. The highest BCUT2D eigenvalue weighted by Crippen LogP contribution is 2.33. The van der Waals surface area contributed by atoms with E-state index in [1.807, 2.05) is 54.6 Å². The second kappa shape index (κ2) is 7.07. The molecule has 0 radical (unpaired) electrons. The van der Waals surface area contributed by atoms with Gasteiger partial charge in [0.1, 0.15) is 33.1 Å². The summed E-state index contributed by atoms with van der Waals surface area (Å²) in [4.78, 5) is 30.0. The molecule has 0 unspecified atom stereocenters. The van der Waals surface area contributed by atoms with Gasteiger partial charge in [0, 0.05) is 7.14 Å². The van der Waals surface area contributed by atoms with Crippen molar-refractivity contribution in [1.82, 2.24) is 29.9 Å². The molecule has 0 spiro atoms. The van der Waals surface area contributed by atoms with Crippen LogP contribution in [0.4, 0.5) is 0 Å². The summed E-state index contributed by atoms with van der Waals surface area (Å²) in [5.74, 6) is 0. The maximum absolute atomic E-state index is 5.00. The van der Waals surface area contributed by atoms with Crippen LogP contribution in [0.2, 0.25) is 0 Å². The fourth-order valence-electron chi connectivity index (χ4n) is 4.21. The average molecular weight is 650 g/mol. The van der Waals surface area contributed by atoms with Crippen LogP contribution in [-0.2, 0) is 0 Å². The maximum atomic E-state index is 5.00. The Bertz CT molecular complexity index is 1710. The zero-order valence-electron chi connectivity index (χ0n) is 17.1. The van der Waals surface area contributed by atoms with E-state index in [0.29, 0.717) is 33.1 Å². The first-order chi connectivity index (χ1) is 16.0. The average Bonchev–Trinajstić information content (AvgIpc) is 2.81. The van der Waals surface area contributed by atoms with E-state index in [4.69, 9.17) is 29.9 Å². The van der Waals surface area contributed by atoms with E-state index in [0.717, 1.165) is 45.8 Å². The van der Waals surface area contributed by atoms with Gasteiger partial charge in [-0.15, -0.1) is 0 Å². The molecule has 7 rings (SSSR count). The Balaban J connectivity index is 1.78. The predicted molar refractivity (Wildman–Crippen MR) is 148 cm³/mol. The van der Waals surface area contributed by atoms with Gasteiger partial charge in [0.2, 0.25) is 0 Å². The molecule has 3 heterocycles. The SMILES string of the molecule is Cc1ccc2nc3c(nc2c1)c1nc2ccc(I)cc2nc1c1nc2ccc(I)cc2nc31. The minimum Gasteiger partial charge on any atom is -0.242 e. The van der Waals surface area contributed by atoms with Crippen molar-refractivity contribution in [2.45, 2.75) is 6.92 Å². The van der Waals surface area contributed by atoms with Crippen molar-refractivity contribution in [3.63, 3.8) is 0 Å². The molecule has 0 atom stereocenters. The summed E-state index contributed by atoms with van der Waals surface area (Å²) in [6, 6.07) is 18.2. The van der Waals surface area contributed by atoms with Crippen LogP contribution in [0.25, 0.3) is 66.2 Å². The number of rotatable bonds is 0. The molecule has 156 valence electrons. The Morgan fingerprint density at radius 1 is 0.424 bits per heavy atom. The summed E-state index contributed by atoms with van der Waals surface area (Å²) in [6.07, 6.45) is 0. The standard InChI is InChI=1S/C25H12I2N6/c1-11-2-5-14-17(8-11)31-23-20(28-14)24-22(30-16-7-4-13(27)10-19(16)32-24)25-21(23)29-15-6-3-12(26)9-18(15)33-25/h2-10H,1H3. The van der Waals surface area contributed by atoms with Gasteiger partial charge in [0.05, 0.1) is 33.1 Å². The van der Waals surface area contributed by atoms with E-state index in [9.17, 15) is 0 Å². The third-order valence-electron chi connectivity index (χ3n) is 5.75. The Hall–Kier alpha value is -2.86. The summed E-state index contributed by atoms with van der Waals surface area (Å²) in [6.45, 7) is 2.05. The van der Waals surface area contributed by atoms with Crippen molar-refractivity contribution in [3.05, 3.63) is 67.3 Å². The largest absolute Gasteiger partial charge is 0.242 e. The molecule has 6 nitrogen and oxygen atoms in total. The first kappa shape index (κ1) is 19.6. The predicted octanol–water partition coefficient (Wildman–Crippen LogP) is 6.49. The number of benzene rings is 4. The highest BCUT2D eigenvalue weighted by Gasteiger charge is 2.19. The number of fused-ring (bicyclic) bond motifs is 9. The lowest BCUT2D eigenvalue weighted by Gasteiger charge is -2.10. The molecule has 3 aromatic heterocycles. The lowest BCUT2D eigenvalue weighted by molar-refractivity contribution is 1.33. The van der Waals surface area contributed by atoms with Gasteiger partial charge >= 0.3 is 0 Å². The topological polar surface area (TPSA) is 77.3 Å². The normalized spacial score (nSPS) is 12.1. The van der Waals surface area contributed by atoms with Crippen molar-refractivity contribution in [2.75, 3.05) is 0 Å². The van der Waals surface area contributed by atoms with Gasteiger partial charge < -0.3 is 0 Å². The zero-order valence-corrected chi connectivity index (χ0v) is 21.5. The molecular formula is C25H12I2N6. The number of nitrogens with zero attached hydrogens (tertiary/aromatic N) is 6. The van der Waals surface area contributed by atoms with Crippen LogP contribution in [0.15, 0.2) is 54.6 Å². The molecule has 0 aliphatic rings. The second-order valence-electron chi connectivity index (χ2n) is 8.02. The molecule has 0 bridgehead atoms. The fourth-order valence-corrected chi connectivity index (χ4v) is 5.16. The summed E-state index contributed by atoms with van der Waals surface area (Å²) in [5.41, 5.74) is 10.2. The van der Waals surface area contributed by atoms with Crippen LogP contribution in [0.5, 0.6) is 0 Å².